The molecule has 0 fully saturated rings. The molecule has 0 aliphatic rings. The van der Waals surface area contributed by atoms with E-state index in [0.29, 0.717) is 0 Å². The lowest BCUT2D eigenvalue weighted by Gasteiger charge is -2.13. The molecule has 0 radical (unpaired) electrons. The van der Waals surface area contributed by atoms with Gasteiger partial charge in [-0.1, -0.05) is 0 Å². The normalized spacial score (nSPS) is 13.8. The van der Waals surface area contributed by atoms with Crippen molar-refractivity contribution in [3.63, 3.8) is 0 Å². The summed E-state index contributed by atoms with van der Waals surface area (Å²) in [5.74, 6) is -1.75. The maximum absolute atomic E-state index is 11.9. The molecule has 0 saturated carbocycles. The summed E-state index contributed by atoms with van der Waals surface area (Å²) in [7, 11) is -2.60. The van der Waals surface area contributed by atoms with Crippen LogP contribution in [-0.2, 0) is 23.8 Å². The van der Waals surface area contributed by atoms with Crippen LogP contribution in [0.25, 0.3) is 0 Å². The predicted molar refractivity (Wildman–Crippen MR) is 51.5 cm³/mol. The predicted octanol–water partition coefficient (Wildman–Crippen LogP) is 0.797. The zero-order chi connectivity index (χ0) is 12.8. The number of carbonyl (C=O) groups is 1. The molecule has 0 heterocycles. The van der Waals surface area contributed by atoms with E-state index in [1.807, 2.05) is 0 Å². The highest BCUT2D eigenvalue weighted by Crippen LogP contribution is 2.14. The van der Waals surface area contributed by atoms with Crippen molar-refractivity contribution < 1.29 is 30.9 Å². The zero-order valence-corrected chi connectivity index (χ0v) is 9.80. The Bertz CT molecular complexity index is 314. The topological polar surface area (TPSA) is 69.7 Å². The molecule has 0 aliphatic heterocycles. The molecule has 5 nitrogen and oxygen atoms in total. The molecule has 0 N–H and O–H groups in total. The molecule has 0 saturated heterocycles. The van der Waals surface area contributed by atoms with Crippen molar-refractivity contribution >= 4 is 16.1 Å². The molecule has 0 amide bonds. The highest BCUT2D eigenvalue weighted by molar-refractivity contribution is 7.85. The summed E-state index contributed by atoms with van der Waals surface area (Å²) in [5, 5.41) is 0. The lowest BCUT2D eigenvalue weighted by molar-refractivity contribution is -0.146. The van der Waals surface area contributed by atoms with Gasteiger partial charge < -0.3 is 4.74 Å². The SMILES string of the molecule is COC(=O)C(CCC(F)F)COS(C)(=O)=O. The van der Waals surface area contributed by atoms with E-state index >= 15 is 0 Å². The highest BCUT2D eigenvalue weighted by Gasteiger charge is 2.22. The molecule has 0 rings (SSSR count). The Balaban J connectivity index is 4.27. The lowest BCUT2D eigenvalue weighted by atomic mass is 10.1. The van der Waals surface area contributed by atoms with Gasteiger partial charge in [-0.3, -0.25) is 8.98 Å². The van der Waals surface area contributed by atoms with Crippen molar-refractivity contribution in [2.45, 2.75) is 19.3 Å². The van der Waals surface area contributed by atoms with E-state index in [0.717, 1.165) is 13.4 Å². The quantitative estimate of drug-likeness (QED) is 0.500. The molecule has 16 heavy (non-hydrogen) atoms. The van der Waals surface area contributed by atoms with Gasteiger partial charge in [0.2, 0.25) is 6.43 Å². The smallest absolute Gasteiger partial charge is 0.311 e. The number of ether oxygens (including phenoxy) is 1. The number of carbonyl (C=O) groups excluding carboxylic acids is 1. The van der Waals surface area contributed by atoms with Crippen molar-refractivity contribution in [2.75, 3.05) is 20.0 Å². The van der Waals surface area contributed by atoms with E-state index in [1.165, 1.54) is 0 Å². The van der Waals surface area contributed by atoms with Crippen molar-refractivity contribution in [1.29, 1.82) is 0 Å². The van der Waals surface area contributed by atoms with Crippen LogP contribution in [0, 0.1) is 5.92 Å². The van der Waals surface area contributed by atoms with Crippen LogP contribution in [0.4, 0.5) is 8.78 Å². The first-order valence-electron chi connectivity index (χ1n) is 4.46. The third kappa shape index (κ3) is 7.52. The largest absolute Gasteiger partial charge is 0.469 e. The number of halogens is 2. The molecule has 0 aromatic carbocycles. The van der Waals surface area contributed by atoms with Gasteiger partial charge in [0, 0.05) is 6.42 Å². The second-order valence-electron chi connectivity index (χ2n) is 3.18. The van der Waals surface area contributed by atoms with Gasteiger partial charge in [-0.2, -0.15) is 8.42 Å². The van der Waals surface area contributed by atoms with E-state index in [-0.39, 0.29) is 6.42 Å². The molecular weight excluding hydrogens is 246 g/mol. The van der Waals surface area contributed by atoms with Crippen molar-refractivity contribution in [3.8, 4) is 0 Å². The molecular formula is C8H14F2O5S. The first-order valence-corrected chi connectivity index (χ1v) is 6.28. The summed E-state index contributed by atoms with van der Waals surface area (Å²) in [5.41, 5.74) is 0. The van der Waals surface area contributed by atoms with Gasteiger partial charge in [-0.25, -0.2) is 8.78 Å². The van der Waals surface area contributed by atoms with Crippen LogP contribution in [0.5, 0.6) is 0 Å². The third-order valence-electron chi connectivity index (χ3n) is 1.75. The molecule has 1 atom stereocenters. The molecule has 0 spiro atoms. The van der Waals surface area contributed by atoms with E-state index < -0.39 is 41.5 Å². The van der Waals surface area contributed by atoms with Gasteiger partial charge in [0.15, 0.2) is 0 Å². The van der Waals surface area contributed by atoms with Crippen LogP contribution < -0.4 is 0 Å². The van der Waals surface area contributed by atoms with E-state index in [2.05, 4.69) is 8.92 Å². The first-order chi connectivity index (χ1) is 7.26. The Hall–Kier alpha value is -0.760. The highest BCUT2D eigenvalue weighted by atomic mass is 32.2. The molecule has 96 valence electrons. The molecule has 0 bridgehead atoms. The van der Waals surface area contributed by atoms with E-state index in [9.17, 15) is 22.0 Å². The average Bonchev–Trinajstić information content (AvgIpc) is 2.14. The number of alkyl halides is 2. The minimum absolute atomic E-state index is 0.181. The Kier molecular flexibility index (Phi) is 6.42. The average molecular weight is 260 g/mol. The van der Waals surface area contributed by atoms with Crippen LogP contribution in [0.2, 0.25) is 0 Å². The fraction of sp³-hybridized carbons (Fsp3) is 0.875. The van der Waals surface area contributed by atoms with Gasteiger partial charge in [0.1, 0.15) is 0 Å². The molecule has 0 aliphatic carbocycles. The number of esters is 1. The Morgan fingerprint density at radius 1 is 1.31 bits per heavy atom. The Morgan fingerprint density at radius 2 is 1.88 bits per heavy atom. The standard InChI is InChI=1S/C8H14F2O5S/c1-14-8(11)6(3-4-7(9)10)5-15-16(2,12)13/h6-7H,3-5H2,1-2H3. The summed E-state index contributed by atoms with van der Waals surface area (Å²) in [6, 6.07) is 0. The Morgan fingerprint density at radius 3 is 2.25 bits per heavy atom. The van der Waals surface area contributed by atoms with Crippen molar-refractivity contribution in [2.24, 2.45) is 5.92 Å². The third-order valence-corrected chi connectivity index (χ3v) is 2.32. The lowest BCUT2D eigenvalue weighted by Crippen LogP contribution is -2.24. The van der Waals surface area contributed by atoms with Gasteiger partial charge in [-0.15, -0.1) is 0 Å². The second kappa shape index (κ2) is 6.74. The summed E-state index contributed by atoms with van der Waals surface area (Å²) < 4.78 is 53.9. The van der Waals surface area contributed by atoms with E-state index in [4.69, 9.17) is 0 Å². The van der Waals surface area contributed by atoms with Crippen LogP contribution in [0.3, 0.4) is 0 Å². The maximum atomic E-state index is 11.9. The fourth-order valence-electron chi connectivity index (χ4n) is 0.969. The van der Waals surface area contributed by atoms with Gasteiger partial charge in [0.25, 0.3) is 10.1 Å². The number of methoxy groups -OCH3 is 1. The molecule has 1 unspecified atom stereocenters. The number of hydrogen-bond donors (Lipinski definition) is 0. The molecule has 0 aromatic heterocycles. The van der Waals surface area contributed by atoms with Crippen LogP contribution in [0.1, 0.15) is 12.8 Å². The summed E-state index contributed by atoms with van der Waals surface area (Å²) in [6.07, 6.45) is -2.42. The van der Waals surface area contributed by atoms with Crippen LogP contribution in [-0.4, -0.2) is 40.8 Å². The second-order valence-corrected chi connectivity index (χ2v) is 4.82. The van der Waals surface area contributed by atoms with Crippen LogP contribution in [0.15, 0.2) is 0 Å². The monoisotopic (exact) mass is 260 g/mol. The minimum Gasteiger partial charge on any atom is -0.469 e. The fourth-order valence-corrected chi connectivity index (χ4v) is 1.38. The molecule has 0 aromatic rings. The Labute approximate surface area is 92.8 Å². The maximum Gasteiger partial charge on any atom is 0.311 e. The summed E-state index contributed by atoms with van der Waals surface area (Å²) >= 11 is 0. The van der Waals surface area contributed by atoms with Gasteiger partial charge in [-0.05, 0) is 6.42 Å². The summed E-state index contributed by atoms with van der Waals surface area (Å²) in [4.78, 5) is 11.1. The van der Waals surface area contributed by atoms with Crippen LogP contribution >= 0.6 is 0 Å². The number of rotatable bonds is 7. The first kappa shape index (κ1) is 15.2. The minimum atomic E-state index is -3.69. The molecule has 8 heteroatoms. The van der Waals surface area contributed by atoms with Gasteiger partial charge >= 0.3 is 5.97 Å². The number of hydrogen-bond acceptors (Lipinski definition) is 5. The van der Waals surface area contributed by atoms with Crippen molar-refractivity contribution in [1.82, 2.24) is 0 Å². The van der Waals surface area contributed by atoms with E-state index in [1.54, 1.807) is 0 Å². The zero-order valence-electron chi connectivity index (χ0n) is 8.98. The van der Waals surface area contributed by atoms with Crippen molar-refractivity contribution in [3.05, 3.63) is 0 Å². The van der Waals surface area contributed by atoms with Gasteiger partial charge in [0.05, 0.1) is 25.9 Å². The summed E-state index contributed by atoms with van der Waals surface area (Å²) in [6.45, 7) is -0.474.